The summed E-state index contributed by atoms with van der Waals surface area (Å²) in [5.74, 6) is 1.52. The fourth-order valence-corrected chi connectivity index (χ4v) is 4.33. The molecule has 0 aliphatic carbocycles. The maximum atomic E-state index is 12.5. The van der Waals surface area contributed by atoms with Crippen molar-refractivity contribution in [1.29, 1.82) is 5.26 Å². The standard InChI is InChI=1S/C32H26N2O5/c1-20-11-12-24(15-21(20)2)36-19-30(35)38-26-13-14-27-29(17-26)39-32(34)28(18-33)31(27)22-7-6-10-25(16-22)37-23-8-4-3-5-9-23/h3-17,31H,19,34H2,1-2H3. The number of fused-ring (bicyclic) bond motifs is 1. The number of nitrogens with zero attached hydrogens (tertiary/aromatic N) is 1. The van der Waals surface area contributed by atoms with E-state index in [1.807, 2.05) is 86.6 Å². The largest absolute Gasteiger partial charge is 0.482 e. The highest BCUT2D eigenvalue weighted by Gasteiger charge is 2.31. The van der Waals surface area contributed by atoms with Crippen LogP contribution >= 0.6 is 0 Å². The Hall–Kier alpha value is -5.22. The Kier molecular flexibility index (Phi) is 7.19. The van der Waals surface area contributed by atoms with Crippen molar-refractivity contribution in [3.8, 4) is 34.8 Å². The van der Waals surface area contributed by atoms with Crippen LogP contribution in [0.25, 0.3) is 0 Å². The van der Waals surface area contributed by atoms with Gasteiger partial charge < -0.3 is 24.7 Å². The number of hydrogen-bond donors (Lipinski definition) is 1. The van der Waals surface area contributed by atoms with Crippen LogP contribution in [0.3, 0.4) is 0 Å². The van der Waals surface area contributed by atoms with Crippen LogP contribution in [0, 0.1) is 25.2 Å². The monoisotopic (exact) mass is 518 g/mol. The van der Waals surface area contributed by atoms with Crippen molar-refractivity contribution in [2.24, 2.45) is 5.73 Å². The fourth-order valence-electron chi connectivity index (χ4n) is 4.33. The molecule has 1 atom stereocenters. The van der Waals surface area contributed by atoms with Crippen LogP contribution in [0.2, 0.25) is 0 Å². The molecule has 1 aliphatic rings. The minimum Gasteiger partial charge on any atom is -0.482 e. The molecule has 1 heterocycles. The second-order valence-electron chi connectivity index (χ2n) is 9.12. The number of benzene rings is 4. The van der Waals surface area contributed by atoms with Gasteiger partial charge in [-0.05, 0) is 73.0 Å². The molecule has 7 heteroatoms. The average Bonchev–Trinajstić information content (AvgIpc) is 2.93. The van der Waals surface area contributed by atoms with Crippen molar-refractivity contribution in [2.75, 3.05) is 6.61 Å². The van der Waals surface area contributed by atoms with Crippen molar-refractivity contribution in [2.45, 2.75) is 19.8 Å². The van der Waals surface area contributed by atoms with Gasteiger partial charge in [-0.15, -0.1) is 0 Å². The first-order valence-corrected chi connectivity index (χ1v) is 12.4. The van der Waals surface area contributed by atoms with Gasteiger partial charge in [0.1, 0.15) is 40.4 Å². The lowest BCUT2D eigenvalue weighted by atomic mass is 9.83. The van der Waals surface area contributed by atoms with E-state index in [9.17, 15) is 10.1 Å². The van der Waals surface area contributed by atoms with Gasteiger partial charge in [0.25, 0.3) is 0 Å². The summed E-state index contributed by atoms with van der Waals surface area (Å²) in [6.45, 7) is 3.73. The van der Waals surface area contributed by atoms with Crippen LogP contribution in [0.5, 0.6) is 28.7 Å². The summed E-state index contributed by atoms with van der Waals surface area (Å²) in [5, 5.41) is 9.90. The number of carbonyl (C=O) groups excluding carboxylic acids is 1. The molecule has 2 N–H and O–H groups in total. The Labute approximate surface area is 226 Å². The Morgan fingerprint density at radius 2 is 1.64 bits per heavy atom. The molecule has 39 heavy (non-hydrogen) atoms. The van der Waals surface area contributed by atoms with Gasteiger partial charge in [-0.25, -0.2) is 4.79 Å². The van der Waals surface area contributed by atoms with Crippen molar-refractivity contribution < 1.29 is 23.7 Å². The number of carbonyl (C=O) groups is 1. The summed E-state index contributed by atoms with van der Waals surface area (Å²) in [6.07, 6.45) is 0. The van der Waals surface area contributed by atoms with E-state index in [-0.39, 0.29) is 23.8 Å². The van der Waals surface area contributed by atoms with Gasteiger partial charge in [0, 0.05) is 11.6 Å². The summed E-state index contributed by atoms with van der Waals surface area (Å²) < 4.78 is 22.8. The van der Waals surface area contributed by atoms with Crippen LogP contribution in [-0.2, 0) is 4.79 Å². The number of nitrogens with two attached hydrogens (primary N) is 1. The van der Waals surface area contributed by atoms with Crippen LogP contribution in [0.4, 0.5) is 0 Å². The lowest BCUT2D eigenvalue weighted by molar-refractivity contribution is -0.136. The normalized spacial score (nSPS) is 14.0. The molecule has 0 radical (unpaired) electrons. The maximum Gasteiger partial charge on any atom is 0.349 e. The molecule has 0 saturated carbocycles. The van der Waals surface area contributed by atoms with E-state index >= 15 is 0 Å². The third-order valence-electron chi connectivity index (χ3n) is 6.43. The number of rotatable bonds is 7. The molecule has 0 fully saturated rings. The minimum atomic E-state index is -0.562. The Morgan fingerprint density at radius 1 is 0.872 bits per heavy atom. The molecule has 0 aromatic heterocycles. The molecule has 4 aromatic carbocycles. The Bertz CT molecular complexity index is 1600. The second kappa shape index (κ2) is 11.0. The fraction of sp³-hybridized carbons (Fsp3) is 0.125. The molecule has 0 spiro atoms. The number of esters is 1. The van der Waals surface area contributed by atoms with Crippen molar-refractivity contribution in [3.05, 3.63) is 125 Å². The molecule has 7 nitrogen and oxygen atoms in total. The first kappa shape index (κ1) is 25.4. The zero-order valence-electron chi connectivity index (χ0n) is 21.5. The number of ether oxygens (including phenoxy) is 4. The molecule has 1 unspecified atom stereocenters. The summed E-state index contributed by atoms with van der Waals surface area (Å²) in [7, 11) is 0. The molecule has 0 bridgehead atoms. The Morgan fingerprint density at radius 3 is 2.41 bits per heavy atom. The van der Waals surface area contributed by atoms with Gasteiger partial charge in [-0.2, -0.15) is 5.26 Å². The number of aryl methyl sites for hydroxylation is 2. The average molecular weight is 519 g/mol. The van der Waals surface area contributed by atoms with Gasteiger partial charge in [0.15, 0.2) is 6.61 Å². The smallest absolute Gasteiger partial charge is 0.349 e. The summed E-state index contributed by atoms with van der Waals surface area (Å²) in [6, 6.07) is 29.7. The third kappa shape index (κ3) is 5.71. The molecule has 5 rings (SSSR count). The summed E-state index contributed by atoms with van der Waals surface area (Å²) >= 11 is 0. The first-order chi connectivity index (χ1) is 18.9. The van der Waals surface area contributed by atoms with Gasteiger partial charge in [0.2, 0.25) is 5.88 Å². The predicted molar refractivity (Wildman–Crippen MR) is 146 cm³/mol. The molecule has 0 amide bonds. The van der Waals surface area contributed by atoms with Gasteiger partial charge in [-0.1, -0.05) is 42.5 Å². The number of allylic oxidation sites excluding steroid dienone is 1. The zero-order chi connectivity index (χ0) is 27.4. The number of para-hydroxylation sites is 1. The lowest BCUT2D eigenvalue weighted by Gasteiger charge is -2.27. The van der Waals surface area contributed by atoms with Crippen LogP contribution in [-0.4, -0.2) is 12.6 Å². The van der Waals surface area contributed by atoms with Crippen LogP contribution in [0.1, 0.15) is 28.2 Å². The second-order valence-corrected chi connectivity index (χ2v) is 9.12. The van der Waals surface area contributed by atoms with E-state index in [2.05, 4.69) is 6.07 Å². The highest BCUT2D eigenvalue weighted by atomic mass is 16.6. The van der Waals surface area contributed by atoms with Gasteiger partial charge in [-0.3, -0.25) is 0 Å². The van der Waals surface area contributed by atoms with E-state index in [1.165, 1.54) is 0 Å². The van der Waals surface area contributed by atoms with E-state index in [0.29, 0.717) is 28.6 Å². The number of nitriles is 1. The van der Waals surface area contributed by atoms with Crippen molar-refractivity contribution in [1.82, 2.24) is 0 Å². The van der Waals surface area contributed by atoms with Gasteiger partial charge in [0.05, 0.1) is 5.92 Å². The number of hydrogen-bond acceptors (Lipinski definition) is 7. The molecule has 0 saturated heterocycles. The zero-order valence-corrected chi connectivity index (χ0v) is 21.5. The first-order valence-electron chi connectivity index (χ1n) is 12.4. The highest BCUT2D eigenvalue weighted by molar-refractivity contribution is 5.74. The molecule has 4 aromatic rings. The minimum absolute atomic E-state index is 0.00840. The van der Waals surface area contributed by atoms with Crippen LogP contribution < -0.4 is 24.7 Å². The van der Waals surface area contributed by atoms with E-state index in [4.69, 9.17) is 24.7 Å². The topological polar surface area (TPSA) is 104 Å². The van der Waals surface area contributed by atoms with Crippen molar-refractivity contribution >= 4 is 5.97 Å². The van der Waals surface area contributed by atoms with Crippen molar-refractivity contribution in [3.63, 3.8) is 0 Å². The predicted octanol–water partition coefficient (Wildman–Crippen LogP) is 6.30. The van der Waals surface area contributed by atoms with Crippen LogP contribution in [0.15, 0.2) is 102 Å². The highest BCUT2D eigenvalue weighted by Crippen LogP contribution is 2.44. The quantitative estimate of drug-likeness (QED) is 0.226. The maximum absolute atomic E-state index is 12.5. The summed E-state index contributed by atoms with van der Waals surface area (Å²) in [5.41, 5.74) is 10.2. The van der Waals surface area contributed by atoms with E-state index < -0.39 is 11.9 Å². The molecular formula is C32H26N2O5. The molecular weight excluding hydrogens is 492 g/mol. The third-order valence-corrected chi connectivity index (χ3v) is 6.43. The lowest BCUT2D eigenvalue weighted by Crippen LogP contribution is -2.21. The van der Waals surface area contributed by atoms with E-state index in [1.54, 1.807) is 18.2 Å². The summed E-state index contributed by atoms with van der Waals surface area (Å²) in [4.78, 5) is 12.5. The van der Waals surface area contributed by atoms with Gasteiger partial charge >= 0.3 is 5.97 Å². The SMILES string of the molecule is Cc1ccc(OCC(=O)Oc2ccc3c(c2)OC(N)=C(C#N)C3c2cccc(Oc3ccccc3)c2)cc1C. The Balaban J connectivity index is 1.36. The molecule has 1 aliphatic heterocycles. The molecule has 194 valence electrons. The van der Waals surface area contributed by atoms with E-state index in [0.717, 1.165) is 16.7 Å².